The lowest BCUT2D eigenvalue weighted by Crippen LogP contribution is -2.52. The van der Waals surface area contributed by atoms with Gasteiger partial charge >= 0.3 is 6.18 Å². The van der Waals surface area contributed by atoms with Crippen LogP contribution in [0, 0.1) is 18.8 Å². The smallest absolute Gasteiger partial charge is 0.364 e. The van der Waals surface area contributed by atoms with Crippen LogP contribution in [0.1, 0.15) is 54.7 Å². The van der Waals surface area contributed by atoms with E-state index in [1.165, 1.54) is 10.9 Å². The zero-order valence-corrected chi connectivity index (χ0v) is 19.2. The van der Waals surface area contributed by atoms with Gasteiger partial charge in [-0.2, -0.15) is 18.3 Å². The van der Waals surface area contributed by atoms with Gasteiger partial charge in [0.25, 0.3) is 5.91 Å². The summed E-state index contributed by atoms with van der Waals surface area (Å²) in [4.78, 5) is 44.0. The van der Waals surface area contributed by atoms with E-state index in [1.54, 1.807) is 17.9 Å². The number of carbonyl (C=O) groups is 3. The lowest BCUT2D eigenvalue weighted by molar-refractivity contribution is -0.184. The van der Waals surface area contributed by atoms with Crippen LogP contribution < -0.4 is 11.1 Å². The van der Waals surface area contributed by atoms with Crippen LogP contribution in [0.4, 0.5) is 13.2 Å². The van der Waals surface area contributed by atoms with Crippen molar-refractivity contribution in [3.63, 3.8) is 0 Å². The SMILES string of the molecule is Cc1cc2c(C(N)=O)nn(CC(=O)N3[C@@H]4C[C@@H]4C[C@H]3C(=O)N[C@@H]3CCC[C@H](C(F)(F)F)C3)c2cn1. The molecule has 5 atom stereocenters. The maximum atomic E-state index is 13.3. The van der Waals surface area contributed by atoms with Gasteiger partial charge in [-0.25, -0.2) is 0 Å². The number of piperidine rings is 1. The Morgan fingerprint density at radius 1 is 1.20 bits per heavy atom. The van der Waals surface area contributed by atoms with Gasteiger partial charge in [0.05, 0.1) is 17.6 Å². The number of aromatic nitrogens is 3. The maximum absolute atomic E-state index is 13.3. The third kappa shape index (κ3) is 4.45. The highest BCUT2D eigenvalue weighted by Gasteiger charge is 2.56. The van der Waals surface area contributed by atoms with E-state index in [4.69, 9.17) is 5.73 Å². The molecule has 0 unspecified atom stereocenters. The number of hydrogen-bond acceptors (Lipinski definition) is 5. The Bertz CT molecular complexity index is 1200. The molecule has 1 saturated heterocycles. The molecule has 1 aliphatic heterocycles. The van der Waals surface area contributed by atoms with Crippen LogP contribution in [0.2, 0.25) is 0 Å². The van der Waals surface area contributed by atoms with Gasteiger partial charge in [-0.05, 0) is 51.0 Å². The van der Waals surface area contributed by atoms with Crippen molar-refractivity contribution in [3.8, 4) is 0 Å². The van der Waals surface area contributed by atoms with Crippen molar-refractivity contribution in [1.29, 1.82) is 0 Å². The summed E-state index contributed by atoms with van der Waals surface area (Å²) in [6.45, 7) is 1.55. The zero-order chi connectivity index (χ0) is 25.1. The fraction of sp³-hybridized carbons (Fsp3) is 0.609. The number of pyridine rings is 1. The number of fused-ring (bicyclic) bond motifs is 2. The van der Waals surface area contributed by atoms with Crippen LogP contribution in [0.25, 0.3) is 10.9 Å². The number of primary amides is 1. The number of nitrogens with zero attached hydrogens (tertiary/aromatic N) is 4. The zero-order valence-electron chi connectivity index (χ0n) is 19.2. The molecule has 2 aromatic rings. The third-order valence-electron chi connectivity index (χ3n) is 7.47. The number of amides is 3. The van der Waals surface area contributed by atoms with E-state index in [0.717, 1.165) is 6.42 Å². The Labute approximate surface area is 199 Å². The first-order chi connectivity index (χ1) is 16.5. The molecule has 35 heavy (non-hydrogen) atoms. The van der Waals surface area contributed by atoms with Gasteiger partial charge in [-0.3, -0.25) is 24.0 Å². The summed E-state index contributed by atoms with van der Waals surface area (Å²) in [7, 11) is 0. The summed E-state index contributed by atoms with van der Waals surface area (Å²) >= 11 is 0. The molecule has 3 N–H and O–H groups in total. The molecule has 3 amide bonds. The summed E-state index contributed by atoms with van der Waals surface area (Å²) in [5, 5.41) is 7.50. The number of alkyl halides is 3. The Morgan fingerprint density at radius 2 is 1.97 bits per heavy atom. The highest BCUT2D eigenvalue weighted by molar-refractivity contribution is 6.04. The van der Waals surface area contributed by atoms with Gasteiger partial charge in [-0.1, -0.05) is 6.42 Å². The molecule has 3 aliphatic rings. The first kappa shape index (κ1) is 23.6. The van der Waals surface area contributed by atoms with Crippen molar-refractivity contribution in [2.45, 2.75) is 76.3 Å². The fourth-order valence-corrected chi connectivity index (χ4v) is 5.65. The highest BCUT2D eigenvalue weighted by Crippen LogP contribution is 2.48. The molecule has 12 heteroatoms. The van der Waals surface area contributed by atoms with E-state index in [-0.39, 0.29) is 42.9 Å². The van der Waals surface area contributed by atoms with E-state index >= 15 is 0 Å². The van der Waals surface area contributed by atoms with Crippen LogP contribution in [-0.4, -0.2) is 61.7 Å². The van der Waals surface area contributed by atoms with Crippen molar-refractivity contribution in [2.75, 3.05) is 0 Å². The first-order valence-corrected chi connectivity index (χ1v) is 11.8. The van der Waals surface area contributed by atoms with E-state index in [2.05, 4.69) is 15.4 Å². The topological polar surface area (TPSA) is 123 Å². The van der Waals surface area contributed by atoms with Crippen LogP contribution in [0.5, 0.6) is 0 Å². The number of rotatable bonds is 5. The highest BCUT2D eigenvalue weighted by atomic mass is 19.4. The van der Waals surface area contributed by atoms with Crippen molar-refractivity contribution < 1.29 is 27.6 Å². The minimum atomic E-state index is -4.27. The lowest BCUT2D eigenvalue weighted by atomic mass is 9.85. The fourth-order valence-electron chi connectivity index (χ4n) is 5.65. The van der Waals surface area contributed by atoms with Gasteiger partial charge in [0, 0.05) is 23.2 Å². The Hall–Kier alpha value is -3.18. The van der Waals surface area contributed by atoms with Gasteiger partial charge in [0.1, 0.15) is 12.6 Å². The predicted octanol–water partition coefficient (Wildman–Crippen LogP) is 2.07. The number of carbonyl (C=O) groups excluding carboxylic acids is 3. The molecular weight excluding hydrogens is 465 g/mol. The van der Waals surface area contributed by atoms with E-state index in [1.807, 2.05) is 0 Å². The van der Waals surface area contributed by atoms with E-state index < -0.39 is 36.0 Å². The number of aryl methyl sites for hydroxylation is 1. The standard InChI is InChI=1S/C23H27F3N6O3/c1-11-5-15-18(9-28-11)31(30-20(15)21(27)34)10-19(33)32-16-6-12(16)7-17(32)22(35)29-14-4-2-3-13(8-14)23(24,25)26/h5,9,12-14,16-17H,2-4,6-8,10H2,1H3,(H2,27,34)(H,29,35)/t12-,13+,14-,16-,17+/m1/s1. The molecule has 5 rings (SSSR count). The first-order valence-electron chi connectivity index (χ1n) is 11.8. The number of likely N-dealkylation sites (tertiary alicyclic amines) is 1. The van der Waals surface area contributed by atoms with Gasteiger partial charge in [0.15, 0.2) is 5.69 Å². The van der Waals surface area contributed by atoms with Crippen LogP contribution >= 0.6 is 0 Å². The van der Waals surface area contributed by atoms with Gasteiger partial charge < -0.3 is 16.0 Å². The van der Waals surface area contributed by atoms with Crippen molar-refractivity contribution in [1.82, 2.24) is 25.0 Å². The van der Waals surface area contributed by atoms with Crippen LogP contribution in [-0.2, 0) is 16.1 Å². The second kappa shape index (κ2) is 8.49. The van der Waals surface area contributed by atoms with Crippen molar-refractivity contribution in [3.05, 3.63) is 23.7 Å². The summed E-state index contributed by atoms with van der Waals surface area (Å²) in [6.07, 6.45) is -0.635. The maximum Gasteiger partial charge on any atom is 0.391 e. The Morgan fingerprint density at radius 3 is 2.69 bits per heavy atom. The Balaban J connectivity index is 1.31. The minimum absolute atomic E-state index is 0.0369. The second-order valence-electron chi connectivity index (χ2n) is 9.94. The predicted molar refractivity (Wildman–Crippen MR) is 118 cm³/mol. The molecule has 0 bridgehead atoms. The van der Waals surface area contributed by atoms with Gasteiger partial charge in [0.2, 0.25) is 11.8 Å². The molecule has 2 saturated carbocycles. The molecule has 2 aliphatic carbocycles. The molecular formula is C23H27F3N6O3. The van der Waals surface area contributed by atoms with E-state index in [9.17, 15) is 27.6 Å². The number of nitrogens with two attached hydrogens (primary N) is 1. The molecule has 188 valence electrons. The summed E-state index contributed by atoms with van der Waals surface area (Å²) in [5.41, 5.74) is 6.64. The molecule has 0 spiro atoms. The van der Waals surface area contributed by atoms with Crippen molar-refractivity contribution >= 4 is 28.6 Å². The summed E-state index contributed by atoms with van der Waals surface area (Å²) in [5.74, 6) is -2.67. The van der Waals surface area contributed by atoms with Crippen molar-refractivity contribution in [2.24, 2.45) is 17.6 Å². The Kier molecular flexibility index (Phi) is 5.71. The van der Waals surface area contributed by atoms with E-state index in [0.29, 0.717) is 35.9 Å². The normalized spacial score (nSPS) is 28.1. The average Bonchev–Trinajstić information content (AvgIpc) is 3.30. The monoisotopic (exact) mass is 492 g/mol. The average molecular weight is 493 g/mol. The molecule has 3 fully saturated rings. The molecule has 2 aromatic heterocycles. The summed E-state index contributed by atoms with van der Waals surface area (Å²) in [6, 6.07) is 0.324. The third-order valence-corrected chi connectivity index (χ3v) is 7.47. The lowest BCUT2D eigenvalue weighted by Gasteiger charge is -2.33. The number of hydrogen-bond donors (Lipinski definition) is 2. The molecule has 0 aromatic carbocycles. The quantitative estimate of drug-likeness (QED) is 0.662. The molecule has 0 radical (unpaired) electrons. The second-order valence-corrected chi connectivity index (χ2v) is 9.94. The van der Waals surface area contributed by atoms with Crippen LogP contribution in [0.3, 0.4) is 0 Å². The number of halogens is 3. The van der Waals surface area contributed by atoms with Gasteiger partial charge in [-0.15, -0.1) is 0 Å². The van der Waals surface area contributed by atoms with Crippen LogP contribution in [0.15, 0.2) is 12.3 Å². The minimum Gasteiger partial charge on any atom is -0.364 e. The summed E-state index contributed by atoms with van der Waals surface area (Å²) < 4.78 is 40.9. The number of nitrogens with one attached hydrogen (secondary N) is 1. The molecule has 3 heterocycles. The largest absolute Gasteiger partial charge is 0.391 e. The molecule has 9 nitrogen and oxygen atoms in total.